The van der Waals surface area contributed by atoms with Gasteiger partial charge in [0.15, 0.2) is 0 Å². The van der Waals surface area contributed by atoms with Gasteiger partial charge in [0.2, 0.25) is 5.91 Å². The van der Waals surface area contributed by atoms with Gasteiger partial charge in [-0.25, -0.2) is 0 Å². The Bertz CT molecular complexity index is 225. The molecule has 15 heavy (non-hydrogen) atoms. The molecule has 1 unspecified atom stereocenters. The maximum Gasteiger partial charge on any atom is 0.220 e. The molecule has 0 saturated carbocycles. The minimum Gasteiger partial charge on any atom is -0.352 e. The maximum absolute atomic E-state index is 11.5. The molecule has 1 atom stereocenters. The fourth-order valence-electron chi connectivity index (χ4n) is 1.30. The van der Waals surface area contributed by atoms with Gasteiger partial charge in [0.25, 0.3) is 0 Å². The monoisotopic (exact) mass is 211 g/mol. The molecule has 1 amide bonds. The number of hydrogen-bond acceptors (Lipinski definition) is 1. The Balaban J connectivity index is 3.69. The first-order valence-corrected chi connectivity index (χ1v) is 5.69. The molecule has 2 heteroatoms. The van der Waals surface area contributed by atoms with Crippen LogP contribution >= 0.6 is 0 Å². The number of rotatable bonds is 5. The Hall–Kier alpha value is -0.790. The van der Waals surface area contributed by atoms with Gasteiger partial charge in [-0.1, -0.05) is 19.1 Å². The van der Waals surface area contributed by atoms with Crippen molar-refractivity contribution in [2.45, 2.75) is 59.4 Å². The summed E-state index contributed by atoms with van der Waals surface area (Å²) in [6.07, 6.45) is 2.61. The van der Waals surface area contributed by atoms with Crippen molar-refractivity contribution in [3.8, 4) is 0 Å². The zero-order chi connectivity index (χ0) is 12.1. The molecule has 0 aromatic carbocycles. The first-order chi connectivity index (χ1) is 6.72. The molecule has 2 nitrogen and oxygen atoms in total. The molecular weight excluding hydrogens is 186 g/mol. The molecule has 0 aromatic rings. The van der Waals surface area contributed by atoms with E-state index in [-0.39, 0.29) is 11.4 Å². The summed E-state index contributed by atoms with van der Waals surface area (Å²) in [6.45, 7) is 14.1. The quantitative estimate of drug-likeness (QED) is 0.695. The van der Waals surface area contributed by atoms with Crippen LogP contribution in [0.25, 0.3) is 0 Å². The van der Waals surface area contributed by atoms with Gasteiger partial charge in [-0.3, -0.25) is 4.79 Å². The lowest BCUT2D eigenvalue weighted by atomic mass is 9.97. The molecule has 0 heterocycles. The highest BCUT2D eigenvalue weighted by Crippen LogP contribution is 2.15. The van der Waals surface area contributed by atoms with Gasteiger partial charge in [-0.05, 0) is 46.5 Å². The maximum atomic E-state index is 11.5. The van der Waals surface area contributed by atoms with Gasteiger partial charge in [-0.2, -0.15) is 0 Å². The topological polar surface area (TPSA) is 29.1 Å². The highest BCUT2D eigenvalue weighted by molar-refractivity contribution is 5.76. The van der Waals surface area contributed by atoms with Gasteiger partial charge in [-0.15, -0.1) is 0 Å². The molecule has 1 N–H and O–H groups in total. The minimum absolute atomic E-state index is 0.114. The average molecular weight is 211 g/mol. The van der Waals surface area contributed by atoms with Crippen LogP contribution in [0.15, 0.2) is 12.2 Å². The van der Waals surface area contributed by atoms with E-state index in [2.05, 4.69) is 18.8 Å². The third kappa shape index (κ3) is 8.22. The number of carbonyl (C=O) groups is 1. The van der Waals surface area contributed by atoms with Crippen LogP contribution in [-0.4, -0.2) is 11.4 Å². The van der Waals surface area contributed by atoms with E-state index in [1.54, 1.807) is 0 Å². The normalized spacial score (nSPS) is 13.4. The average Bonchev–Trinajstić information content (AvgIpc) is 2.00. The summed E-state index contributed by atoms with van der Waals surface area (Å²) in [5.74, 6) is 0.670. The number of nitrogens with one attached hydrogen (secondary N) is 1. The fourth-order valence-corrected chi connectivity index (χ4v) is 1.30. The van der Waals surface area contributed by atoms with E-state index in [0.29, 0.717) is 12.3 Å². The second-order valence-electron chi connectivity index (χ2n) is 5.44. The van der Waals surface area contributed by atoms with Crippen LogP contribution in [0, 0.1) is 5.92 Å². The van der Waals surface area contributed by atoms with Crippen molar-refractivity contribution in [3.05, 3.63) is 12.2 Å². The first kappa shape index (κ1) is 14.2. The van der Waals surface area contributed by atoms with Crippen LogP contribution in [0.1, 0.15) is 53.9 Å². The van der Waals surface area contributed by atoms with Crippen LogP contribution in [-0.2, 0) is 4.79 Å². The largest absolute Gasteiger partial charge is 0.352 e. The van der Waals surface area contributed by atoms with Gasteiger partial charge in [0.1, 0.15) is 0 Å². The smallest absolute Gasteiger partial charge is 0.220 e. The molecule has 0 aliphatic rings. The van der Waals surface area contributed by atoms with E-state index >= 15 is 0 Å². The molecule has 0 fully saturated rings. The Kier molecular flexibility index (Phi) is 5.63. The van der Waals surface area contributed by atoms with Gasteiger partial charge >= 0.3 is 0 Å². The molecule has 0 aromatic heterocycles. The molecular formula is C13H25NO. The zero-order valence-corrected chi connectivity index (χ0v) is 10.8. The lowest BCUT2D eigenvalue weighted by molar-refractivity contribution is -0.122. The van der Waals surface area contributed by atoms with E-state index < -0.39 is 0 Å². The van der Waals surface area contributed by atoms with Crippen molar-refractivity contribution in [3.63, 3.8) is 0 Å². The Labute approximate surface area is 94.1 Å². The summed E-state index contributed by atoms with van der Waals surface area (Å²) >= 11 is 0. The SMILES string of the molecule is C=C(C)C(C)CCCC(=O)NC(C)(C)C. The summed E-state index contributed by atoms with van der Waals surface area (Å²) < 4.78 is 0. The number of hydrogen-bond donors (Lipinski definition) is 1. The number of amides is 1. The number of carbonyl (C=O) groups excluding carboxylic acids is 1. The Morgan fingerprint density at radius 3 is 2.33 bits per heavy atom. The summed E-state index contributed by atoms with van der Waals surface area (Å²) in [5.41, 5.74) is 1.09. The third-order valence-corrected chi connectivity index (χ3v) is 2.40. The molecule has 0 rings (SSSR count). The van der Waals surface area contributed by atoms with Crippen molar-refractivity contribution >= 4 is 5.91 Å². The number of allylic oxidation sites excluding steroid dienone is 1. The van der Waals surface area contributed by atoms with Crippen LogP contribution in [0.4, 0.5) is 0 Å². The van der Waals surface area contributed by atoms with Gasteiger partial charge in [0, 0.05) is 12.0 Å². The molecule has 88 valence electrons. The zero-order valence-electron chi connectivity index (χ0n) is 10.8. The first-order valence-electron chi connectivity index (χ1n) is 5.69. The highest BCUT2D eigenvalue weighted by Gasteiger charge is 2.13. The minimum atomic E-state index is -0.114. The molecule has 0 saturated heterocycles. The van der Waals surface area contributed by atoms with Crippen molar-refractivity contribution in [2.24, 2.45) is 5.92 Å². The molecule has 0 radical (unpaired) electrons. The van der Waals surface area contributed by atoms with E-state index in [4.69, 9.17) is 0 Å². The second kappa shape index (κ2) is 5.94. The van der Waals surface area contributed by atoms with Gasteiger partial charge < -0.3 is 5.32 Å². The van der Waals surface area contributed by atoms with Crippen molar-refractivity contribution in [1.82, 2.24) is 5.32 Å². The van der Waals surface area contributed by atoms with Crippen LogP contribution < -0.4 is 5.32 Å². The van der Waals surface area contributed by atoms with Crippen molar-refractivity contribution < 1.29 is 4.79 Å². The van der Waals surface area contributed by atoms with Crippen LogP contribution in [0.3, 0.4) is 0 Å². The third-order valence-electron chi connectivity index (χ3n) is 2.40. The molecule has 0 spiro atoms. The summed E-state index contributed by atoms with van der Waals surface area (Å²) in [5, 5.41) is 2.96. The van der Waals surface area contributed by atoms with Crippen LogP contribution in [0.2, 0.25) is 0 Å². The Morgan fingerprint density at radius 2 is 1.93 bits per heavy atom. The summed E-state index contributed by atoms with van der Waals surface area (Å²) in [6, 6.07) is 0. The predicted molar refractivity (Wildman–Crippen MR) is 65.7 cm³/mol. The Morgan fingerprint density at radius 1 is 1.40 bits per heavy atom. The van der Waals surface area contributed by atoms with E-state index in [9.17, 15) is 4.79 Å². The van der Waals surface area contributed by atoms with Crippen molar-refractivity contribution in [2.75, 3.05) is 0 Å². The van der Waals surface area contributed by atoms with Crippen LogP contribution in [0.5, 0.6) is 0 Å². The van der Waals surface area contributed by atoms with E-state index in [0.717, 1.165) is 12.8 Å². The fraction of sp³-hybridized carbons (Fsp3) is 0.769. The summed E-state index contributed by atoms with van der Waals surface area (Å²) in [7, 11) is 0. The highest BCUT2D eigenvalue weighted by atomic mass is 16.1. The lowest BCUT2D eigenvalue weighted by Gasteiger charge is -2.20. The van der Waals surface area contributed by atoms with E-state index in [1.807, 2.05) is 27.7 Å². The predicted octanol–water partition coefficient (Wildman–Crippen LogP) is 3.28. The lowest BCUT2D eigenvalue weighted by Crippen LogP contribution is -2.40. The molecule has 0 aliphatic carbocycles. The standard InChI is InChI=1S/C13H25NO/c1-10(2)11(3)8-7-9-12(15)14-13(4,5)6/h11H,1,7-9H2,2-6H3,(H,14,15). The van der Waals surface area contributed by atoms with E-state index in [1.165, 1.54) is 5.57 Å². The summed E-state index contributed by atoms with van der Waals surface area (Å²) in [4.78, 5) is 11.5. The van der Waals surface area contributed by atoms with Gasteiger partial charge in [0.05, 0.1) is 0 Å². The second-order valence-corrected chi connectivity index (χ2v) is 5.44. The van der Waals surface area contributed by atoms with Crippen molar-refractivity contribution in [1.29, 1.82) is 0 Å². The molecule has 0 aliphatic heterocycles. The molecule has 0 bridgehead atoms.